The zero-order valence-electron chi connectivity index (χ0n) is 11.7. The van der Waals surface area contributed by atoms with E-state index >= 15 is 0 Å². The minimum Gasteiger partial charge on any atom is -0.366 e. The van der Waals surface area contributed by atoms with Gasteiger partial charge in [-0.25, -0.2) is 0 Å². The maximum atomic E-state index is 4.41. The normalized spacial score (nSPS) is 11.2. The fourth-order valence-electron chi connectivity index (χ4n) is 2.13. The van der Waals surface area contributed by atoms with Crippen molar-refractivity contribution in [3.8, 4) is 0 Å². The van der Waals surface area contributed by atoms with E-state index in [1.54, 1.807) is 0 Å². The van der Waals surface area contributed by atoms with Crippen LogP contribution in [0.2, 0.25) is 0 Å². The third-order valence-corrected chi connectivity index (χ3v) is 3.20. The Balaban J connectivity index is 2.12. The fraction of sp³-hybridized carbons (Fsp3) is 0.538. The topological polar surface area (TPSA) is 47.7 Å². The average Bonchev–Trinajstić information content (AvgIpc) is 2.82. The summed E-state index contributed by atoms with van der Waals surface area (Å²) in [5.74, 6) is 1.06. The molecule has 0 radical (unpaired) electrons. The SMILES string of the molecule is Cc1cnn(C)c1NCc1cnn(C(C)C)c1C. The summed E-state index contributed by atoms with van der Waals surface area (Å²) in [6.45, 7) is 9.23. The van der Waals surface area contributed by atoms with Gasteiger partial charge in [-0.3, -0.25) is 9.36 Å². The molecule has 0 amide bonds. The van der Waals surface area contributed by atoms with Crippen molar-refractivity contribution in [3.63, 3.8) is 0 Å². The lowest BCUT2D eigenvalue weighted by atomic mass is 10.2. The second-order valence-corrected chi connectivity index (χ2v) is 4.95. The van der Waals surface area contributed by atoms with Crippen LogP contribution in [0.15, 0.2) is 12.4 Å². The number of hydrogen-bond donors (Lipinski definition) is 1. The largest absolute Gasteiger partial charge is 0.366 e. The van der Waals surface area contributed by atoms with E-state index in [0.717, 1.165) is 17.9 Å². The number of nitrogens with one attached hydrogen (secondary N) is 1. The first kappa shape index (κ1) is 12.7. The van der Waals surface area contributed by atoms with Gasteiger partial charge in [-0.2, -0.15) is 10.2 Å². The van der Waals surface area contributed by atoms with Crippen molar-refractivity contribution in [2.45, 2.75) is 40.3 Å². The highest BCUT2D eigenvalue weighted by Gasteiger charge is 2.10. The van der Waals surface area contributed by atoms with E-state index in [1.165, 1.54) is 11.3 Å². The highest BCUT2D eigenvalue weighted by molar-refractivity contribution is 5.43. The smallest absolute Gasteiger partial charge is 0.127 e. The molecule has 98 valence electrons. The van der Waals surface area contributed by atoms with E-state index in [9.17, 15) is 0 Å². The molecule has 0 aliphatic rings. The molecule has 0 saturated heterocycles. The Morgan fingerprint density at radius 2 is 1.94 bits per heavy atom. The Bertz CT molecular complexity index is 516. The van der Waals surface area contributed by atoms with Crippen LogP contribution in [0.25, 0.3) is 0 Å². The van der Waals surface area contributed by atoms with Gasteiger partial charge in [0.1, 0.15) is 5.82 Å². The van der Waals surface area contributed by atoms with Crippen molar-refractivity contribution in [3.05, 3.63) is 29.2 Å². The molecule has 2 heterocycles. The van der Waals surface area contributed by atoms with E-state index in [4.69, 9.17) is 0 Å². The number of anilines is 1. The van der Waals surface area contributed by atoms with Crippen LogP contribution in [0.4, 0.5) is 5.82 Å². The van der Waals surface area contributed by atoms with Gasteiger partial charge >= 0.3 is 0 Å². The summed E-state index contributed by atoms with van der Waals surface area (Å²) in [7, 11) is 1.94. The van der Waals surface area contributed by atoms with E-state index in [1.807, 2.05) is 28.8 Å². The number of aryl methyl sites for hydroxylation is 2. The van der Waals surface area contributed by atoms with Crippen LogP contribution in [-0.4, -0.2) is 19.6 Å². The molecule has 5 heteroatoms. The first-order valence-corrected chi connectivity index (χ1v) is 6.26. The lowest BCUT2D eigenvalue weighted by molar-refractivity contribution is 0.518. The lowest BCUT2D eigenvalue weighted by Crippen LogP contribution is -2.08. The highest BCUT2D eigenvalue weighted by Crippen LogP contribution is 2.16. The van der Waals surface area contributed by atoms with Crippen molar-refractivity contribution in [2.75, 3.05) is 5.32 Å². The highest BCUT2D eigenvalue weighted by atomic mass is 15.3. The van der Waals surface area contributed by atoms with Crippen LogP contribution in [0.5, 0.6) is 0 Å². The van der Waals surface area contributed by atoms with Gasteiger partial charge in [0.05, 0.1) is 12.4 Å². The molecule has 1 N–H and O–H groups in total. The Labute approximate surface area is 108 Å². The number of nitrogens with zero attached hydrogens (tertiary/aromatic N) is 4. The first-order valence-electron chi connectivity index (χ1n) is 6.26. The van der Waals surface area contributed by atoms with Crippen LogP contribution >= 0.6 is 0 Å². The molecule has 0 saturated carbocycles. The molecule has 0 unspecified atom stereocenters. The van der Waals surface area contributed by atoms with Crippen molar-refractivity contribution >= 4 is 5.82 Å². The van der Waals surface area contributed by atoms with Crippen LogP contribution in [0.1, 0.15) is 36.7 Å². The quantitative estimate of drug-likeness (QED) is 0.902. The number of aromatic nitrogens is 4. The molecular weight excluding hydrogens is 226 g/mol. The van der Waals surface area contributed by atoms with Crippen molar-refractivity contribution in [1.82, 2.24) is 19.6 Å². The van der Waals surface area contributed by atoms with Gasteiger partial charge in [0.15, 0.2) is 0 Å². The Kier molecular flexibility index (Phi) is 3.41. The Hall–Kier alpha value is -1.78. The standard InChI is InChI=1S/C13H21N5/c1-9(2)18-11(4)12(8-16-18)7-14-13-10(3)6-15-17(13)5/h6,8-9,14H,7H2,1-5H3. The first-order chi connectivity index (χ1) is 8.50. The monoisotopic (exact) mass is 247 g/mol. The molecule has 0 bridgehead atoms. The van der Waals surface area contributed by atoms with E-state index in [-0.39, 0.29) is 0 Å². The summed E-state index contributed by atoms with van der Waals surface area (Å²) < 4.78 is 3.91. The van der Waals surface area contributed by atoms with Crippen molar-refractivity contribution < 1.29 is 0 Å². The summed E-state index contributed by atoms with van der Waals surface area (Å²) in [5, 5.41) is 12.0. The van der Waals surface area contributed by atoms with Gasteiger partial charge < -0.3 is 5.32 Å². The minimum atomic E-state index is 0.400. The van der Waals surface area contributed by atoms with Crippen LogP contribution < -0.4 is 5.32 Å². The predicted molar refractivity (Wildman–Crippen MR) is 72.6 cm³/mol. The molecule has 0 spiro atoms. The summed E-state index contributed by atoms with van der Waals surface area (Å²) >= 11 is 0. The predicted octanol–water partition coefficient (Wildman–Crippen LogP) is 2.43. The molecule has 0 atom stereocenters. The second kappa shape index (κ2) is 4.84. The summed E-state index contributed by atoms with van der Waals surface area (Å²) in [6.07, 6.45) is 3.81. The Morgan fingerprint density at radius 1 is 1.22 bits per heavy atom. The zero-order valence-corrected chi connectivity index (χ0v) is 11.7. The third-order valence-electron chi connectivity index (χ3n) is 3.20. The summed E-state index contributed by atoms with van der Waals surface area (Å²) in [4.78, 5) is 0. The third kappa shape index (κ3) is 2.25. The van der Waals surface area contributed by atoms with Gasteiger partial charge in [0, 0.05) is 36.5 Å². The van der Waals surface area contributed by atoms with Gasteiger partial charge in [-0.1, -0.05) is 0 Å². The maximum absolute atomic E-state index is 4.41. The number of hydrogen-bond acceptors (Lipinski definition) is 3. The van der Waals surface area contributed by atoms with E-state index in [2.05, 4.69) is 43.2 Å². The fourth-order valence-corrected chi connectivity index (χ4v) is 2.13. The van der Waals surface area contributed by atoms with Crippen LogP contribution in [-0.2, 0) is 13.6 Å². The van der Waals surface area contributed by atoms with Crippen LogP contribution in [0, 0.1) is 13.8 Å². The molecule has 0 aliphatic carbocycles. The van der Waals surface area contributed by atoms with Gasteiger partial charge in [0.2, 0.25) is 0 Å². The molecule has 5 nitrogen and oxygen atoms in total. The number of rotatable bonds is 4. The maximum Gasteiger partial charge on any atom is 0.127 e. The van der Waals surface area contributed by atoms with Gasteiger partial charge in [-0.05, 0) is 27.7 Å². The average molecular weight is 247 g/mol. The van der Waals surface area contributed by atoms with Gasteiger partial charge in [-0.15, -0.1) is 0 Å². The molecule has 2 aromatic heterocycles. The molecule has 2 aromatic rings. The van der Waals surface area contributed by atoms with Crippen molar-refractivity contribution in [2.24, 2.45) is 7.05 Å². The minimum absolute atomic E-state index is 0.400. The van der Waals surface area contributed by atoms with Crippen LogP contribution in [0.3, 0.4) is 0 Å². The Morgan fingerprint density at radius 3 is 2.44 bits per heavy atom. The van der Waals surface area contributed by atoms with E-state index < -0.39 is 0 Å². The molecule has 2 rings (SSSR count). The van der Waals surface area contributed by atoms with Crippen molar-refractivity contribution in [1.29, 1.82) is 0 Å². The van der Waals surface area contributed by atoms with E-state index in [0.29, 0.717) is 6.04 Å². The summed E-state index contributed by atoms with van der Waals surface area (Å²) in [6, 6.07) is 0.400. The molecular formula is C13H21N5. The van der Waals surface area contributed by atoms with Gasteiger partial charge in [0.25, 0.3) is 0 Å². The second-order valence-electron chi connectivity index (χ2n) is 4.95. The lowest BCUT2D eigenvalue weighted by Gasteiger charge is -2.10. The molecule has 0 aliphatic heterocycles. The molecule has 0 fully saturated rings. The zero-order chi connectivity index (χ0) is 13.3. The molecule has 18 heavy (non-hydrogen) atoms. The summed E-state index contributed by atoms with van der Waals surface area (Å²) in [5.41, 5.74) is 3.60. The molecule has 0 aromatic carbocycles.